The van der Waals surface area contributed by atoms with E-state index in [1.165, 1.54) is 44.9 Å². The molecule has 0 radical (unpaired) electrons. The molecule has 2 fully saturated rings. The third-order valence-corrected chi connectivity index (χ3v) is 6.94. The van der Waals surface area contributed by atoms with E-state index in [0.29, 0.717) is 12.1 Å². The lowest BCUT2D eigenvalue weighted by Crippen LogP contribution is -2.50. The Labute approximate surface area is 166 Å². The predicted molar refractivity (Wildman–Crippen MR) is 114 cm³/mol. The first-order chi connectivity index (χ1) is 13.7. The van der Waals surface area contributed by atoms with Crippen LogP contribution < -0.4 is 11.1 Å². The van der Waals surface area contributed by atoms with Crippen molar-refractivity contribution < 1.29 is 0 Å². The minimum absolute atomic E-state index is 0.106. The van der Waals surface area contributed by atoms with Gasteiger partial charge in [-0.15, -0.1) is 0 Å². The molecule has 0 amide bonds. The van der Waals surface area contributed by atoms with Crippen LogP contribution in [0, 0.1) is 0 Å². The minimum Gasteiger partial charge on any atom is -0.316 e. The van der Waals surface area contributed by atoms with Gasteiger partial charge in [0.2, 0.25) is 0 Å². The summed E-state index contributed by atoms with van der Waals surface area (Å²) in [6.45, 7) is 3.29. The van der Waals surface area contributed by atoms with Crippen molar-refractivity contribution in [3.63, 3.8) is 0 Å². The van der Waals surface area contributed by atoms with E-state index >= 15 is 0 Å². The molecule has 2 aliphatic rings. The number of fused-ring (bicyclic) bond motifs is 1. The molecule has 1 aromatic carbocycles. The van der Waals surface area contributed by atoms with Crippen LogP contribution in [0.1, 0.15) is 77.2 Å². The molecule has 1 saturated heterocycles. The van der Waals surface area contributed by atoms with Crippen molar-refractivity contribution >= 4 is 11.0 Å². The standard InChI is InChI=1S/C23H33N3O2/c1-2-17-16-19(14-15-25(17)18-10-6-4-3-5-7-11-18)26-21-13-9-8-12-20(21)24-22(27)23(26)28/h8-9,12-13,17-19H,2-7,10-11,14-16H2,1H3,(H,24,27)/t17?,19-/m1/s1. The summed E-state index contributed by atoms with van der Waals surface area (Å²) < 4.78 is 1.78. The van der Waals surface area contributed by atoms with E-state index in [2.05, 4.69) is 16.8 Å². The second kappa shape index (κ2) is 8.64. The summed E-state index contributed by atoms with van der Waals surface area (Å²) in [5, 5.41) is 0. The Morgan fingerprint density at radius 3 is 2.43 bits per heavy atom. The molecule has 28 heavy (non-hydrogen) atoms. The van der Waals surface area contributed by atoms with Gasteiger partial charge < -0.3 is 4.98 Å². The van der Waals surface area contributed by atoms with Gasteiger partial charge in [0.1, 0.15) is 0 Å². The molecule has 1 saturated carbocycles. The van der Waals surface area contributed by atoms with Crippen LogP contribution in [0.2, 0.25) is 0 Å². The van der Waals surface area contributed by atoms with Crippen LogP contribution in [0.15, 0.2) is 33.9 Å². The van der Waals surface area contributed by atoms with E-state index in [0.717, 1.165) is 36.8 Å². The fourth-order valence-corrected chi connectivity index (χ4v) is 5.48. The zero-order valence-corrected chi connectivity index (χ0v) is 17.0. The maximum absolute atomic E-state index is 12.7. The highest BCUT2D eigenvalue weighted by Crippen LogP contribution is 2.33. The molecule has 152 valence electrons. The summed E-state index contributed by atoms with van der Waals surface area (Å²) in [5.41, 5.74) is 0.695. The number of nitrogens with zero attached hydrogens (tertiary/aromatic N) is 2. The Hall–Kier alpha value is -1.88. The first-order valence-corrected chi connectivity index (χ1v) is 11.2. The van der Waals surface area contributed by atoms with Crippen LogP contribution in [-0.4, -0.2) is 33.1 Å². The van der Waals surface area contributed by atoms with Gasteiger partial charge in [0.25, 0.3) is 0 Å². The maximum atomic E-state index is 12.7. The zero-order chi connectivity index (χ0) is 19.5. The van der Waals surface area contributed by atoms with E-state index in [4.69, 9.17) is 0 Å². The number of H-pyrrole nitrogens is 1. The largest absolute Gasteiger partial charge is 0.316 e. The molecule has 4 rings (SSSR count). The number of benzene rings is 1. The molecular formula is C23H33N3O2. The van der Waals surface area contributed by atoms with Crippen molar-refractivity contribution in [2.24, 2.45) is 0 Å². The number of aromatic nitrogens is 2. The van der Waals surface area contributed by atoms with Crippen molar-refractivity contribution in [2.75, 3.05) is 6.54 Å². The second-order valence-corrected chi connectivity index (χ2v) is 8.62. The molecule has 1 aliphatic heterocycles. The molecule has 1 N–H and O–H groups in total. The Morgan fingerprint density at radius 1 is 0.964 bits per heavy atom. The molecule has 1 aliphatic carbocycles. The minimum atomic E-state index is -0.505. The first-order valence-electron chi connectivity index (χ1n) is 11.2. The van der Waals surface area contributed by atoms with Crippen molar-refractivity contribution in [3.8, 4) is 0 Å². The van der Waals surface area contributed by atoms with Crippen LogP contribution in [0.4, 0.5) is 0 Å². The van der Waals surface area contributed by atoms with Crippen LogP contribution in [0.5, 0.6) is 0 Å². The van der Waals surface area contributed by atoms with Gasteiger partial charge in [-0.1, -0.05) is 51.2 Å². The number of aromatic amines is 1. The highest BCUT2D eigenvalue weighted by atomic mass is 16.2. The second-order valence-electron chi connectivity index (χ2n) is 8.62. The van der Waals surface area contributed by atoms with Crippen molar-refractivity contribution in [2.45, 2.75) is 89.3 Å². The number of nitrogens with one attached hydrogen (secondary N) is 1. The Balaban J connectivity index is 1.61. The van der Waals surface area contributed by atoms with Gasteiger partial charge in [-0.25, -0.2) is 0 Å². The van der Waals surface area contributed by atoms with E-state index in [-0.39, 0.29) is 6.04 Å². The van der Waals surface area contributed by atoms with Gasteiger partial charge in [-0.3, -0.25) is 19.1 Å². The molecular weight excluding hydrogens is 350 g/mol. The number of likely N-dealkylation sites (tertiary alicyclic amines) is 1. The third-order valence-electron chi connectivity index (χ3n) is 6.94. The quantitative estimate of drug-likeness (QED) is 0.808. The van der Waals surface area contributed by atoms with Crippen molar-refractivity contribution in [1.29, 1.82) is 0 Å². The summed E-state index contributed by atoms with van der Waals surface area (Å²) in [5.74, 6) is 0. The molecule has 1 unspecified atom stereocenters. The van der Waals surface area contributed by atoms with Gasteiger partial charge in [-0.2, -0.15) is 0 Å². The lowest BCUT2D eigenvalue weighted by atomic mass is 9.89. The molecule has 2 atom stereocenters. The lowest BCUT2D eigenvalue weighted by Gasteiger charge is -2.45. The Bertz CT molecular complexity index is 908. The van der Waals surface area contributed by atoms with E-state index in [9.17, 15) is 9.59 Å². The summed E-state index contributed by atoms with van der Waals surface area (Å²) >= 11 is 0. The molecule has 5 nitrogen and oxygen atoms in total. The summed E-state index contributed by atoms with van der Waals surface area (Å²) in [6.07, 6.45) is 12.5. The van der Waals surface area contributed by atoms with Gasteiger partial charge in [0.15, 0.2) is 0 Å². The average molecular weight is 384 g/mol. The average Bonchev–Trinajstić information content (AvgIpc) is 2.69. The molecule has 2 heterocycles. The van der Waals surface area contributed by atoms with Gasteiger partial charge in [0.05, 0.1) is 11.0 Å². The van der Waals surface area contributed by atoms with Gasteiger partial charge >= 0.3 is 11.1 Å². The number of hydrogen-bond acceptors (Lipinski definition) is 3. The zero-order valence-electron chi connectivity index (χ0n) is 17.0. The van der Waals surface area contributed by atoms with Crippen LogP contribution in [0.3, 0.4) is 0 Å². The van der Waals surface area contributed by atoms with E-state index < -0.39 is 11.1 Å². The van der Waals surface area contributed by atoms with Gasteiger partial charge in [0, 0.05) is 24.7 Å². The van der Waals surface area contributed by atoms with Gasteiger partial charge in [-0.05, 0) is 44.2 Å². The van der Waals surface area contributed by atoms with Crippen LogP contribution in [0.25, 0.3) is 11.0 Å². The smallest absolute Gasteiger partial charge is 0.316 e. The van der Waals surface area contributed by atoms with Crippen LogP contribution in [-0.2, 0) is 0 Å². The lowest BCUT2D eigenvalue weighted by molar-refractivity contribution is 0.0551. The summed E-state index contributed by atoms with van der Waals surface area (Å²) in [4.78, 5) is 30.5. The summed E-state index contributed by atoms with van der Waals surface area (Å²) in [6, 6.07) is 8.97. The SMILES string of the molecule is CCC1C[C@H](n2c(=O)c(=O)[nH]c3ccccc32)CCN1C1CCCCCCC1. The molecule has 0 bridgehead atoms. The highest BCUT2D eigenvalue weighted by molar-refractivity contribution is 5.74. The molecule has 2 aromatic rings. The highest BCUT2D eigenvalue weighted by Gasteiger charge is 2.33. The summed E-state index contributed by atoms with van der Waals surface area (Å²) in [7, 11) is 0. The van der Waals surface area contributed by atoms with Crippen molar-refractivity contribution in [3.05, 3.63) is 45.0 Å². The molecule has 0 spiro atoms. The molecule has 5 heteroatoms. The fraction of sp³-hybridized carbons (Fsp3) is 0.652. The monoisotopic (exact) mass is 383 g/mol. The van der Waals surface area contributed by atoms with Crippen molar-refractivity contribution in [1.82, 2.24) is 14.5 Å². The third kappa shape index (κ3) is 3.82. The maximum Gasteiger partial charge on any atom is 0.316 e. The first kappa shape index (κ1) is 19.4. The Morgan fingerprint density at radius 2 is 1.68 bits per heavy atom. The number of hydrogen-bond donors (Lipinski definition) is 1. The Kier molecular flexibility index (Phi) is 6.00. The van der Waals surface area contributed by atoms with E-state index in [1.807, 2.05) is 24.3 Å². The van der Waals surface area contributed by atoms with Crippen LogP contribution >= 0.6 is 0 Å². The number of piperidine rings is 1. The normalized spacial score (nSPS) is 25.5. The number of para-hydroxylation sites is 2. The number of rotatable bonds is 3. The molecule has 1 aromatic heterocycles. The topological polar surface area (TPSA) is 58.1 Å². The predicted octanol–water partition coefficient (Wildman–Crippen LogP) is 4.22. The fourth-order valence-electron chi connectivity index (χ4n) is 5.48. The van der Waals surface area contributed by atoms with E-state index in [1.54, 1.807) is 4.57 Å².